The number of likely N-dealkylation sites (N-methyl/N-ethyl adjacent to an activating group) is 1. The highest BCUT2D eigenvalue weighted by atomic mass is 16.5. The van der Waals surface area contributed by atoms with E-state index in [1.165, 1.54) is 0 Å². The van der Waals surface area contributed by atoms with Gasteiger partial charge in [-0.3, -0.25) is 0 Å². The van der Waals surface area contributed by atoms with Crippen LogP contribution in [-0.4, -0.2) is 53.2 Å². The molecule has 0 aromatic carbocycles. The smallest absolute Gasteiger partial charge is 0.0701 e. The Balaban J connectivity index is 2.83. The summed E-state index contributed by atoms with van der Waals surface area (Å²) in [6.07, 6.45) is 2.74. The summed E-state index contributed by atoms with van der Waals surface area (Å²) in [7, 11) is 1.90. The summed E-state index contributed by atoms with van der Waals surface area (Å²) in [6, 6.07) is 0. The molecule has 0 rings (SSSR count). The molecule has 0 aliphatic carbocycles. The standard InChI is InChI=1S/C11H23NO3/c1-3-4-6-13-8-10-15-11-9-14-7-5-12-2/h3,12H,1,4-11H2,2H3. The summed E-state index contributed by atoms with van der Waals surface area (Å²) in [4.78, 5) is 0. The van der Waals surface area contributed by atoms with Crippen molar-refractivity contribution in [1.82, 2.24) is 5.32 Å². The summed E-state index contributed by atoms with van der Waals surface area (Å²) < 4.78 is 15.8. The molecule has 4 nitrogen and oxygen atoms in total. The van der Waals surface area contributed by atoms with Gasteiger partial charge in [0.25, 0.3) is 0 Å². The predicted molar refractivity (Wildman–Crippen MR) is 61.2 cm³/mol. The van der Waals surface area contributed by atoms with Crippen LogP contribution in [0.15, 0.2) is 12.7 Å². The van der Waals surface area contributed by atoms with Crippen molar-refractivity contribution in [2.45, 2.75) is 6.42 Å². The Morgan fingerprint density at radius 1 is 0.933 bits per heavy atom. The molecule has 1 N–H and O–H groups in total. The van der Waals surface area contributed by atoms with Crippen LogP contribution in [0.25, 0.3) is 0 Å². The minimum atomic E-state index is 0.631. The van der Waals surface area contributed by atoms with Crippen molar-refractivity contribution in [2.75, 3.05) is 53.2 Å². The Labute approximate surface area is 92.6 Å². The Morgan fingerprint density at radius 3 is 2.00 bits per heavy atom. The number of hydrogen-bond acceptors (Lipinski definition) is 4. The van der Waals surface area contributed by atoms with Gasteiger partial charge in [-0.25, -0.2) is 0 Å². The Morgan fingerprint density at radius 2 is 1.47 bits per heavy atom. The van der Waals surface area contributed by atoms with Crippen LogP contribution in [-0.2, 0) is 14.2 Å². The van der Waals surface area contributed by atoms with Crippen molar-refractivity contribution in [2.24, 2.45) is 0 Å². The first-order valence-corrected chi connectivity index (χ1v) is 5.40. The van der Waals surface area contributed by atoms with E-state index in [0.29, 0.717) is 26.4 Å². The topological polar surface area (TPSA) is 39.7 Å². The molecule has 0 spiro atoms. The van der Waals surface area contributed by atoms with Crippen molar-refractivity contribution in [3.05, 3.63) is 12.7 Å². The molecule has 4 heteroatoms. The third-order valence-corrected chi connectivity index (χ3v) is 1.71. The molecule has 0 radical (unpaired) electrons. The van der Waals surface area contributed by atoms with Gasteiger partial charge in [0.15, 0.2) is 0 Å². The van der Waals surface area contributed by atoms with Crippen LogP contribution in [0.4, 0.5) is 0 Å². The summed E-state index contributed by atoms with van der Waals surface area (Å²) in [5, 5.41) is 3.00. The molecular formula is C11H23NO3. The van der Waals surface area contributed by atoms with E-state index in [0.717, 1.165) is 26.2 Å². The average molecular weight is 217 g/mol. The van der Waals surface area contributed by atoms with E-state index in [1.807, 2.05) is 13.1 Å². The molecule has 0 aliphatic heterocycles. The average Bonchev–Trinajstić information content (AvgIpc) is 2.26. The van der Waals surface area contributed by atoms with Crippen LogP contribution < -0.4 is 5.32 Å². The Hall–Kier alpha value is -0.420. The van der Waals surface area contributed by atoms with Gasteiger partial charge in [0.1, 0.15) is 0 Å². The van der Waals surface area contributed by atoms with Crippen molar-refractivity contribution in [1.29, 1.82) is 0 Å². The zero-order valence-electron chi connectivity index (χ0n) is 9.67. The fraction of sp³-hybridized carbons (Fsp3) is 0.818. The summed E-state index contributed by atoms with van der Waals surface area (Å²) in [5.74, 6) is 0. The monoisotopic (exact) mass is 217 g/mol. The molecule has 0 saturated carbocycles. The third-order valence-electron chi connectivity index (χ3n) is 1.71. The number of nitrogens with one attached hydrogen (secondary N) is 1. The van der Waals surface area contributed by atoms with E-state index >= 15 is 0 Å². The van der Waals surface area contributed by atoms with Gasteiger partial charge >= 0.3 is 0 Å². The molecule has 90 valence electrons. The van der Waals surface area contributed by atoms with Crippen molar-refractivity contribution >= 4 is 0 Å². The van der Waals surface area contributed by atoms with Crippen LogP contribution in [0, 0.1) is 0 Å². The first kappa shape index (κ1) is 14.6. The quantitative estimate of drug-likeness (QED) is 0.388. The molecule has 0 heterocycles. The van der Waals surface area contributed by atoms with E-state index in [2.05, 4.69) is 11.9 Å². The highest BCUT2D eigenvalue weighted by Crippen LogP contribution is 1.84. The van der Waals surface area contributed by atoms with Crippen LogP contribution in [0.2, 0.25) is 0 Å². The van der Waals surface area contributed by atoms with Gasteiger partial charge in [-0.05, 0) is 13.5 Å². The van der Waals surface area contributed by atoms with Crippen molar-refractivity contribution < 1.29 is 14.2 Å². The second kappa shape index (κ2) is 13.6. The molecule has 0 aromatic rings. The second-order valence-electron chi connectivity index (χ2n) is 3.02. The van der Waals surface area contributed by atoms with Gasteiger partial charge in [-0.2, -0.15) is 0 Å². The molecule has 0 unspecified atom stereocenters. The van der Waals surface area contributed by atoms with Crippen LogP contribution in [0.5, 0.6) is 0 Å². The van der Waals surface area contributed by atoms with Crippen LogP contribution in [0.3, 0.4) is 0 Å². The lowest BCUT2D eigenvalue weighted by molar-refractivity contribution is 0.0161. The minimum absolute atomic E-state index is 0.631. The molecule has 0 amide bonds. The summed E-state index contributed by atoms with van der Waals surface area (Å²) >= 11 is 0. The molecule has 0 saturated heterocycles. The fourth-order valence-electron chi connectivity index (χ4n) is 0.883. The molecule has 0 aromatic heterocycles. The van der Waals surface area contributed by atoms with Crippen molar-refractivity contribution in [3.8, 4) is 0 Å². The van der Waals surface area contributed by atoms with E-state index in [9.17, 15) is 0 Å². The molecule has 0 atom stereocenters. The number of ether oxygens (including phenoxy) is 3. The lowest BCUT2D eigenvalue weighted by Crippen LogP contribution is -2.16. The van der Waals surface area contributed by atoms with E-state index in [4.69, 9.17) is 14.2 Å². The van der Waals surface area contributed by atoms with Gasteiger partial charge in [0.2, 0.25) is 0 Å². The maximum absolute atomic E-state index is 5.30. The third kappa shape index (κ3) is 13.6. The normalized spacial score (nSPS) is 10.5. The SMILES string of the molecule is C=CCCOCCOCCOCCNC. The van der Waals surface area contributed by atoms with Gasteiger partial charge in [0, 0.05) is 6.54 Å². The van der Waals surface area contributed by atoms with Gasteiger partial charge in [0.05, 0.1) is 39.6 Å². The number of hydrogen-bond donors (Lipinski definition) is 1. The molecular weight excluding hydrogens is 194 g/mol. The summed E-state index contributed by atoms with van der Waals surface area (Å²) in [6.45, 7) is 8.51. The van der Waals surface area contributed by atoms with Gasteiger partial charge in [-0.15, -0.1) is 6.58 Å². The maximum atomic E-state index is 5.30. The molecule has 0 aliphatic rings. The van der Waals surface area contributed by atoms with Crippen LogP contribution in [0.1, 0.15) is 6.42 Å². The Kier molecular flexibility index (Phi) is 13.2. The molecule has 15 heavy (non-hydrogen) atoms. The lowest BCUT2D eigenvalue weighted by Gasteiger charge is -2.05. The summed E-state index contributed by atoms with van der Waals surface area (Å²) in [5.41, 5.74) is 0. The van der Waals surface area contributed by atoms with Gasteiger partial charge in [-0.1, -0.05) is 6.08 Å². The fourth-order valence-corrected chi connectivity index (χ4v) is 0.883. The Bertz CT molecular complexity index is 131. The zero-order chi connectivity index (χ0) is 11.2. The highest BCUT2D eigenvalue weighted by molar-refractivity contribution is 4.64. The number of rotatable bonds is 12. The van der Waals surface area contributed by atoms with E-state index in [1.54, 1.807) is 0 Å². The van der Waals surface area contributed by atoms with E-state index in [-0.39, 0.29) is 0 Å². The van der Waals surface area contributed by atoms with Crippen molar-refractivity contribution in [3.63, 3.8) is 0 Å². The first-order chi connectivity index (χ1) is 7.41. The lowest BCUT2D eigenvalue weighted by atomic mass is 10.5. The maximum Gasteiger partial charge on any atom is 0.0701 e. The zero-order valence-corrected chi connectivity index (χ0v) is 9.67. The van der Waals surface area contributed by atoms with Gasteiger partial charge < -0.3 is 19.5 Å². The largest absolute Gasteiger partial charge is 0.379 e. The van der Waals surface area contributed by atoms with E-state index < -0.39 is 0 Å². The minimum Gasteiger partial charge on any atom is -0.379 e. The molecule has 0 fully saturated rings. The highest BCUT2D eigenvalue weighted by Gasteiger charge is 1.90. The predicted octanol–water partition coefficient (Wildman–Crippen LogP) is 0.832. The molecule has 0 bridgehead atoms. The van der Waals surface area contributed by atoms with Crippen LogP contribution >= 0.6 is 0 Å². The first-order valence-electron chi connectivity index (χ1n) is 5.40. The second-order valence-corrected chi connectivity index (χ2v) is 3.02.